The number of piperazine rings is 1. The van der Waals surface area contributed by atoms with Crippen LogP contribution in [0.3, 0.4) is 0 Å². The van der Waals surface area contributed by atoms with Crippen molar-refractivity contribution in [2.75, 3.05) is 38.1 Å². The molecule has 0 amide bonds. The van der Waals surface area contributed by atoms with Crippen LogP contribution in [0.4, 0.5) is 5.82 Å². The second-order valence-corrected chi connectivity index (χ2v) is 4.68. The van der Waals surface area contributed by atoms with E-state index >= 15 is 0 Å². The average molecular weight is 218 g/mol. The molecule has 0 atom stereocenters. The van der Waals surface area contributed by atoms with E-state index in [0.29, 0.717) is 0 Å². The van der Waals surface area contributed by atoms with Gasteiger partial charge in [0.15, 0.2) is 0 Å². The molecule has 3 rings (SSSR count). The lowest BCUT2D eigenvalue weighted by molar-refractivity contribution is 0.351. The Morgan fingerprint density at radius 1 is 1.19 bits per heavy atom. The normalized spacial score (nSPS) is 21.2. The topological polar surface area (TPSA) is 31.4 Å². The van der Waals surface area contributed by atoms with E-state index in [9.17, 15) is 0 Å². The summed E-state index contributed by atoms with van der Waals surface area (Å²) in [7, 11) is 2.15. The minimum atomic E-state index is 0.995. The largest absolute Gasteiger partial charge is 0.354 e. The summed E-state index contributed by atoms with van der Waals surface area (Å²) >= 11 is 0. The van der Waals surface area contributed by atoms with Crippen LogP contribution in [0.2, 0.25) is 0 Å². The van der Waals surface area contributed by atoms with Crippen LogP contribution in [0.5, 0.6) is 0 Å². The molecule has 86 valence electrons. The van der Waals surface area contributed by atoms with Crippen molar-refractivity contribution in [2.45, 2.75) is 13.1 Å². The number of aromatic nitrogens is 1. The van der Waals surface area contributed by atoms with Crippen LogP contribution in [0.15, 0.2) is 12.1 Å². The van der Waals surface area contributed by atoms with Gasteiger partial charge in [0.25, 0.3) is 0 Å². The van der Waals surface area contributed by atoms with Crippen LogP contribution in [-0.2, 0) is 13.1 Å². The van der Waals surface area contributed by atoms with Crippen molar-refractivity contribution >= 4 is 5.82 Å². The van der Waals surface area contributed by atoms with Gasteiger partial charge in [0.1, 0.15) is 5.82 Å². The summed E-state index contributed by atoms with van der Waals surface area (Å²) in [6.45, 7) is 6.32. The molecule has 0 aliphatic carbocycles. The first-order valence-electron chi connectivity index (χ1n) is 5.96. The molecule has 2 aliphatic heterocycles. The molecule has 1 fully saturated rings. The van der Waals surface area contributed by atoms with Gasteiger partial charge in [-0.15, -0.1) is 0 Å². The molecular formula is C12H18N4. The molecule has 16 heavy (non-hydrogen) atoms. The summed E-state index contributed by atoms with van der Waals surface area (Å²) in [6, 6.07) is 4.41. The van der Waals surface area contributed by atoms with Crippen LogP contribution >= 0.6 is 0 Å². The number of nitrogens with zero attached hydrogens (tertiary/aromatic N) is 3. The number of hydrogen-bond acceptors (Lipinski definition) is 4. The zero-order chi connectivity index (χ0) is 11.0. The standard InChI is InChI=1S/C12H18N4/c1-15-8-10-2-3-12(14-11(10)9-15)16-6-4-13-5-7-16/h2-3,13H,4-9H2,1H3. The first-order valence-corrected chi connectivity index (χ1v) is 5.96. The highest BCUT2D eigenvalue weighted by atomic mass is 15.2. The van der Waals surface area contributed by atoms with Gasteiger partial charge in [-0.05, 0) is 18.7 Å². The van der Waals surface area contributed by atoms with E-state index in [2.05, 4.69) is 34.3 Å². The van der Waals surface area contributed by atoms with Crippen molar-refractivity contribution in [3.05, 3.63) is 23.4 Å². The van der Waals surface area contributed by atoms with Gasteiger partial charge in [-0.25, -0.2) is 4.98 Å². The van der Waals surface area contributed by atoms with E-state index in [0.717, 1.165) is 45.1 Å². The summed E-state index contributed by atoms with van der Waals surface area (Å²) in [5.41, 5.74) is 2.65. The zero-order valence-corrected chi connectivity index (χ0v) is 9.74. The smallest absolute Gasteiger partial charge is 0.128 e. The van der Waals surface area contributed by atoms with Crippen LogP contribution in [0.1, 0.15) is 11.3 Å². The SMILES string of the molecule is CN1Cc2ccc(N3CCNCC3)nc2C1. The highest BCUT2D eigenvalue weighted by Crippen LogP contribution is 2.22. The average Bonchev–Trinajstić information content (AvgIpc) is 2.69. The number of nitrogens with one attached hydrogen (secondary N) is 1. The van der Waals surface area contributed by atoms with Crippen LogP contribution < -0.4 is 10.2 Å². The molecular weight excluding hydrogens is 200 g/mol. The van der Waals surface area contributed by atoms with E-state index in [1.54, 1.807) is 0 Å². The second-order valence-electron chi connectivity index (χ2n) is 4.68. The predicted octanol–water partition coefficient (Wildman–Crippen LogP) is 0.437. The van der Waals surface area contributed by atoms with Crippen molar-refractivity contribution in [2.24, 2.45) is 0 Å². The summed E-state index contributed by atoms with van der Waals surface area (Å²) in [5.74, 6) is 1.15. The van der Waals surface area contributed by atoms with E-state index in [4.69, 9.17) is 4.98 Å². The van der Waals surface area contributed by atoms with Crippen molar-refractivity contribution < 1.29 is 0 Å². The molecule has 4 heteroatoms. The van der Waals surface area contributed by atoms with E-state index in [1.165, 1.54) is 11.3 Å². The van der Waals surface area contributed by atoms with Gasteiger partial charge in [-0.3, -0.25) is 4.90 Å². The van der Waals surface area contributed by atoms with Crippen molar-refractivity contribution in [3.8, 4) is 0 Å². The fraction of sp³-hybridized carbons (Fsp3) is 0.583. The third-order valence-electron chi connectivity index (χ3n) is 3.35. The number of rotatable bonds is 1. The van der Waals surface area contributed by atoms with Crippen molar-refractivity contribution in [1.82, 2.24) is 15.2 Å². The van der Waals surface area contributed by atoms with E-state index in [1.807, 2.05) is 0 Å². The fourth-order valence-electron chi connectivity index (χ4n) is 2.47. The Hall–Kier alpha value is -1.13. The molecule has 2 aliphatic rings. The Morgan fingerprint density at radius 3 is 2.81 bits per heavy atom. The number of pyridine rings is 1. The lowest BCUT2D eigenvalue weighted by atomic mass is 10.2. The Morgan fingerprint density at radius 2 is 2.00 bits per heavy atom. The highest BCUT2D eigenvalue weighted by molar-refractivity contribution is 5.43. The molecule has 0 radical (unpaired) electrons. The van der Waals surface area contributed by atoms with Gasteiger partial charge in [0.2, 0.25) is 0 Å². The van der Waals surface area contributed by atoms with Gasteiger partial charge in [0.05, 0.1) is 5.69 Å². The molecule has 1 aromatic heterocycles. The fourth-order valence-corrected chi connectivity index (χ4v) is 2.47. The molecule has 1 aromatic rings. The third kappa shape index (κ3) is 1.79. The Bertz CT molecular complexity index is 385. The summed E-state index contributed by atoms with van der Waals surface area (Å²) in [6.07, 6.45) is 0. The van der Waals surface area contributed by atoms with Gasteiger partial charge >= 0.3 is 0 Å². The zero-order valence-electron chi connectivity index (χ0n) is 9.74. The molecule has 0 aromatic carbocycles. The minimum absolute atomic E-state index is 0.995. The summed E-state index contributed by atoms with van der Waals surface area (Å²) in [4.78, 5) is 9.46. The lowest BCUT2D eigenvalue weighted by Gasteiger charge is -2.28. The molecule has 0 spiro atoms. The Kier molecular flexibility index (Phi) is 2.53. The second kappa shape index (κ2) is 4.03. The molecule has 1 N–H and O–H groups in total. The quantitative estimate of drug-likeness (QED) is 0.741. The first-order chi connectivity index (χ1) is 7.83. The third-order valence-corrected chi connectivity index (χ3v) is 3.35. The Balaban J connectivity index is 1.84. The molecule has 0 unspecified atom stereocenters. The first kappa shape index (κ1) is 10.1. The van der Waals surface area contributed by atoms with Gasteiger partial charge < -0.3 is 10.2 Å². The Labute approximate surface area is 96.3 Å². The number of fused-ring (bicyclic) bond motifs is 1. The molecule has 0 bridgehead atoms. The molecule has 1 saturated heterocycles. The summed E-state index contributed by atoms with van der Waals surface area (Å²) in [5, 5.41) is 3.37. The summed E-state index contributed by atoms with van der Waals surface area (Å²) < 4.78 is 0. The molecule has 4 nitrogen and oxygen atoms in total. The van der Waals surface area contributed by atoms with Gasteiger partial charge in [-0.2, -0.15) is 0 Å². The maximum absolute atomic E-state index is 4.78. The number of hydrogen-bond donors (Lipinski definition) is 1. The van der Waals surface area contributed by atoms with Crippen LogP contribution in [-0.4, -0.2) is 43.1 Å². The van der Waals surface area contributed by atoms with Gasteiger partial charge in [0, 0.05) is 39.3 Å². The van der Waals surface area contributed by atoms with Gasteiger partial charge in [-0.1, -0.05) is 6.07 Å². The molecule has 3 heterocycles. The molecule has 0 saturated carbocycles. The monoisotopic (exact) mass is 218 g/mol. The van der Waals surface area contributed by atoms with Crippen LogP contribution in [0.25, 0.3) is 0 Å². The maximum atomic E-state index is 4.78. The van der Waals surface area contributed by atoms with E-state index < -0.39 is 0 Å². The van der Waals surface area contributed by atoms with Crippen molar-refractivity contribution in [1.29, 1.82) is 0 Å². The number of anilines is 1. The van der Waals surface area contributed by atoms with Crippen molar-refractivity contribution in [3.63, 3.8) is 0 Å². The minimum Gasteiger partial charge on any atom is -0.354 e. The maximum Gasteiger partial charge on any atom is 0.128 e. The lowest BCUT2D eigenvalue weighted by Crippen LogP contribution is -2.43. The highest BCUT2D eigenvalue weighted by Gasteiger charge is 2.19. The van der Waals surface area contributed by atoms with Crippen LogP contribution in [0, 0.1) is 0 Å². The van der Waals surface area contributed by atoms with E-state index in [-0.39, 0.29) is 0 Å². The predicted molar refractivity (Wildman–Crippen MR) is 64.5 cm³/mol.